The van der Waals surface area contributed by atoms with Crippen LogP contribution in [0.25, 0.3) is 0 Å². The number of aromatic nitrogens is 3. The maximum absolute atomic E-state index is 4.38. The lowest BCUT2D eigenvalue weighted by Crippen LogP contribution is -2.54. The SMILES string of the molecule is CC1CN(Cc2ncnn2C(C)C)C(C)CN1. The number of rotatable bonds is 3. The van der Waals surface area contributed by atoms with Gasteiger partial charge in [-0.25, -0.2) is 9.67 Å². The number of piperazine rings is 1. The summed E-state index contributed by atoms with van der Waals surface area (Å²) < 4.78 is 2.01. The highest BCUT2D eigenvalue weighted by molar-refractivity contribution is 4.90. The Labute approximate surface area is 103 Å². The Balaban J connectivity index is 2.06. The van der Waals surface area contributed by atoms with Gasteiger partial charge in [-0.1, -0.05) is 0 Å². The Hall–Kier alpha value is -0.940. The van der Waals surface area contributed by atoms with E-state index in [1.165, 1.54) is 0 Å². The van der Waals surface area contributed by atoms with Crippen LogP contribution in [0.4, 0.5) is 0 Å². The van der Waals surface area contributed by atoms with Crippen LogP contribution in [-0.4, -0.2) is 44.8 Å². The summed E-state index contributed by atoms with van der Waals surface area (Å²) in [6, 6.07) is 1.49. The lowest BCUT2D eigenvalue weighted by Gasteiger charge is -2.37. The van der Waals surface area contributed by atoms with Crippen molar-refractivity contribution in [2.24, 2.45) is 0 Å². The molecule has 2 atom stereocenters. The third kappa shape index (κ3) is 2.84. The van der Waals surface area contributed by atoms with Gasteiger partial charge in [0.1, 0.15) is 12.2 Å². The van der Waals surface area contributed by atoms with Crippen LogP contribution in [0, 0.1) is 0 Å². The Kier molecular flexibility index (Phi) is 3.79. The molecule has 1 saturated heterocycles. The predicted molar refractivity (Wildman–Crippen MR) is 67.7 cm³/mol. The predicted octanol–water partition coefficient (Wildman–Crippen LogP) is 1.04. The molecule has 1 aliphatic rings. The van der Waals surface area contributed by atoms with Crippen LogP contribution in [0.2, 0.25) is 0 Å². The zero-order chi connectivity index (χ0) is 12.4. The molecular weight excluding hydrogens is 214 g/mol. The van der Waals surface area contributed by atoms with Crippen molar-refractivity contribution in [3.05, 3.63) is 12.2 Å². The summed E-state index contributed by atoms with van der Waals surface area (Å²) in [7, 11) is 0. The molecule has 0 saturated carbocycles. The number of nitrogens with one attached hydrogen (secondary N) is 1. The quantitative estimate of drug-likeness (QED) is 0.853. The number of nitrogens with zero attached hydrogens (tertiary/aromatic N) is 4. The molecule has 1 aromatic heterocycles. The van der Waals surface area contributed by atoms with Crippen LogP contribution < -0.4 is 5.32 Å². The van der Waals surface area contributed by atoms with Gasteiger partial charge in [0.05, 0.1) is 6.54 Å². The summed E-state index contributed by atoms with van der Waals surface area (Å²) in [5, 5.41) is 7.78. The summed E-state index contributed by atoms with van der Waals surface area (Å²) in [6.45, 7) is 11.8. The van der Waals surface area contributed by atoms with Crippen LogP contribution in [0.3, 0.4) is 0 Å². The molecular formula is C12H23N5. The van der Waals surface area contributed by atoms with Gasteiger partial charge in [-0.3, -0.25) is 4.90 Å². The van der Waals surface area contributed by atoms with Gasteiger partial charge >= 0.3 is 0 Å². The van der Waals surface area contributed by atoms with Crippen molar-refractivity contribution in [2.45, 2.75) is 52.4 Å². The molecule has 2 heterocycles. The molecule has 1 fully saturated rings. The first-order valence-electron chi connectivity index (χ1n) is 6.43. The van der Waals surface area contributed by atoms with E-state index < -0.39 is 0 Å². The molecule has 0 bridgehead atoms. The topological polar surface area (TPSA) is 46.0 Å². The van der Waals surface area contributed by atoms with Crippen LogP contribution in [0.15, 0.2) is 6.33 Å². The highest BCUT2D eigenvalue weighted by Crippen LogP contribution is 2.13. The molecule has 0 radical (unpaired) electrons. The Bertz CT molecular complexity index is 360. The van der Waals surface area contributed by atoms with Crippen LogP contribution in [0.5, 0.6) is 0 Å². The van der Waals surface area contributed by atoms with Gasteiger partial charge in [0.25, 0.3) is 0 Å². The Morgan fingerprint density at radius 3 is 2.94 bits per heavy atom. The van der Waals surface area contributed by atoms with Gasteiger partial charge in [0.15, 0.2) is 0 Å². The summed E-state index contributed by atoms with van der Waals surface area (Å²) in [6.07, 6.45) is 1.66. The molecule has 1 aromatic rings. The smallest absolute Gasteiger partial charge is 0.141 e. The lowest BCUT2D eigenvalue weighted by atomic mass is 10.1. The second-order valence-corrected chi connectivity index (χ2v) is 5.30. The maximum Gasteiger partial charge on any atom is 0.141 e. The van der Waals surface area contributed by atoms with Gasteiger partial charge in [-0.2, -0.15) is 5.10 Å². The summed E-state index contributed by atoms with van der Waals surface area (Å²) in [5.41, 5.74) is 0. The maximum atomic E-state index is 4.38. The molecule has 1 aliphatic heterocycles. The first kappa shape index (κ1) is 12.5. The first-order chi connectivity index (χ1) is 8.08. The molecule has 2 unspecified atom stereocenters. The second-order valence-electron chi connectivity index (χ2n) is 5.30. The minimum atomic E-state index is 0.378. The minimum Gasteiger partial charge on any atom is -0.311 e. The average molecular weight is 237 g/mol. The van der Waals surface area contributed by atoms with E-state index in [-0.39, 0.29) is 0 Å². The fourth-order valence-corrected chi connectivity index (χ4v) is 2.32. The van der Waals surface area contributed by atoms with E-state index in [0.29, 0.717) is 18.1 Å². The van der Waals surface area contributed by atoms with E-state index in [9.17, 15) is 0 Å². The molecule has 0 aliphatic carbocycles. The van der Waals surface area contributed by atoms with E-state index in [1.807, 2.05) is 4.68 Å². The molecule has 1 N–H and O–H groups in total. The normalized spacial score (nSPS) is 26.6. The summed E-state index contributed by atoms with van der Waals surface area (Å²) >= 11 is 0. The fraction of sp³-hybridized carbons (Fsp3) is 0.833. The molecule has 17 heavy (non-hydrogen) atoms. The Morgan fingerprint density at radius 1 is 1.47 bits per heavy atom. The molecule has 2 rings (SSSR count). The van der Waals surface area contributed by atoms with Crippen molar-refractivity contribution >= 4 is 0 Å². The van der Waals surface area contributed by atoms with Gasteiger partial charge in [-0.15, -0.1) is 0 Å². The first-order valence-corrected chi connectivity index (χ1v) is 6.43. The fourth-order valence-electron chi connectivity index (χ4n) is 2.32. The van der Waals surface area contributed by atoms with Gasteiger partial charge in [0.2, 0.25) is 0 Å². The van der Waals surface area contributed by atoms with E-state index in [1.54, 1.807) is 6.33 Å². The summed E-state index contributed by atoms with van der Waals surface area (Å²) in [4.78, 5) is 6.86. The number of hydrogen-bond acceptors (Lipinski definition) is 4. The molecule has 5 nitrogen and oxygen atoms in total. The Morgan fingerprint density at radius 2 is 2.24 bits per heavy atom. The minimum absolute atomic E-state index is 0.378. The van der Waals surface area contributed by atoms with Crippen molar-refractivity contribution in [1.82, 2.24) is 25.0 Å². The zero-order valence-corrected chi connectivity index (χ0v) is 11.2. The van der Waals surface area contributed by atoms with Crippen molar-refractivity contribution < 1.29 is 0 Å². The van der Waals surface area contributed by atoms with Gasteiger partial charge in [-0.05, 0) is 27.7 Å². The van der Waals surface area contributed by atoms with E-state index in [4.69, 9.17) is 0 Å². The van der Waals surface area contributed by atoms with Gasteiger partial charge < -0.3 is 5.32 Å². The number of hydrogen-bond donors (Lipinski definition) is 1. The van der Waals surface area contributed by atoms with Crippen LogP contribution >= 0.6 is 0 Å². The van der Waals surface area contributed by atoms with Crippen LogP contribution in [-0.2, 0) is 6.54 Å². The molecule has 0 amide bonds. The van der Waals surface area contributed by atoms with Crippen LogP contribution in [0.1, 0.15) is 39.6 Å². The van der Waals surface area contributed by atoms with E-state index >= 15 is 0 Å². The van der Waals surface area contributed by atoms with Crippen molar-refractivity contribution in [2.75, 3.05) is 13.1 Å². The van der Waals surface area contributed by atoms with E-state index in [2.05, 4.69) is 48.0 Å². The van der Waals surface area contributed by atoms with E-state index in [0.717, 1.165) is 25.5 Å². The van der Waals surface area contributed by atoms with Crippen molar-refractivity contribution in [3.8, 4) is 0 Å². The third-order valence-electron chi connectivity index (χ3n) is 3.37. The molecule has 96 valence electrons. The second kappa shape index (κ2) is 5.14. The largest absolute Gasteiger partial charge is 0.311 e. The molecule has 0 spiro atoms. The standard InChI is InChI=1S/C12H23N5/c1-9(2)17-12(14-8-15-17)7-16-6-10(3)13-5-11(16)4/h8-11,13H,5-7H2,1-4H3. The lowest BCUT2D eigenvalue weighted by molar-refractivity contribution is 0.132. The highest BCUT2D eigenvalue weighted by atomic mass is 15.4. The monoisotopic (exact) mass is 237 g/mol. The van der Waals surface area contributed by atoms with Crippen molar-refractivity contribution in [1.29, 1.82) is 0 Å². The highest BCUT2D eigenvalue weighted by Gasteiger charge is 2.24. The molecule has 0 aromatic carbocycles. The molecule has 5 heteroatoms. The summed E-state index contributed by atoms with van der Waals surface area (Å²) in [5.74, 6) is 1.07. The third-order valence-corrected chi connectivity index (χ3v) is 3.37. The average Bonchev–Trinajstić information content (AvgIpc) is 2.71. The van der Waals surface area contributed by atoms with Crippen molar-refractivity contribution in [3.63, 3.8) is 0 Å². The zero-order valence-electron chi connectivity index (χ0n) is 11.2. The van der Waals surface area contributed by atoms with Gasteiger partial charge in [0, 0.05) is 31.2 Å².